The molecule has 1 aliphatic heterocycles. The Morgan fingerprint density at radius 3 is 2.89 bits per heavy atom. The molecule has 1 heterocycles. The van der Waals surface area contributed by atoms with Crippen molar-refractivity contribution in [3.05, 3.63) is 0 Å². The van der Waals surface area contributed by atoms with Crippen LogP contribution in [0.15, 0.2) is 9.98 Å². The molecule has 0 unspecified atom stereocenters. The number of nitrogens with two attached hydrogens (primary N) is 1. The van der Waals surface area contributed by atoms with Crippen molar-refractivity contribution in [1.82, 2.24) is 0 Å². The van der Waals surface area contributed by atoms with Crippen LogP contribution in [0.3, 0.4) is 0 Å². The van der Waals surface area contributed by atoms with Gasteiger partial charge in [0.05, 0.1) is 0 Å². The second-order valence-corrected chi connectivity index (χ2v) is 1.68. The summed E-state index contributed by atoms with van der Waals surface area (Å²) in [7, 11) is 0. The molecule has 2 N–H and O–H groups in total. The lowest BCUT2D eigenvalue weighted by Gasteiger charge is -2.00. The Balaban J connectivity index is 2.61. The number of nitrogens with zero attached hydrogens (tertiary/aromatic N) is 2. The molecule has 1 rings (SSSR count). The third-order valence-corrected chi connectivity index (χ3v) is 1.04. The molecule has 48 valence electrons. The second kappa shape index (κ2) is 2.39. The normalized spacial score (nSPS) is 17.1. The van der Waals surface area contributed by atoms with Crippen LogP contribution in [0.1, 0.15) is 6.42 Å². The van der Waals surface area contributed by atoms with Gasteiger partial charge in [-0.25, -0.2) is 0 Å². The van der Waals surface area contributed by atoms with Crippen molar-refractivity contribution in [3.63, 3.8) is 0 Å². The molecule has 0 bridgehead atoms. The van der Waals surface area contributed by atoms with E-state index in [1.54, 1.807) is 6.21 Å². The minimum absolute atomic E-state index is 0.346. The van der Waals surface area contributed by atoms with E-state index in [2.05, 4.69) is 9.98 Å². The minimum atomic E-state index is -0.443. The van der Waals surface area contributed by atoms with Crippen LogP contribution in [-0.4, -0.2) is 24.5 Å². The highest BCUT2D eigenvalue weighted by Crippen LogP contribution is 1.90. The van der Waals surface area contributed by atoms with E-state index < -0.39 is 5.91 Å². The number of hydrogen-bond acceptors (Lipinski definition) is 3. The maximum Gasteiger partial charge on any atom is 0.263 e. The Hall–Kier alpha value is -1.19. The molecule has 0 aliphatic carbocycles. The van der Waals surface area contributed by atoms with Crippen LogP contribution in [-0.2, 0) is 4.79 Å². The number of hydrogen-bond donors (Lipinski definition) is 1. The average Bonchev–Trinajstić information content (AvgIpc) is 1.90. The molecule has 9 heavy (non-hydrogen) atoms. The van der Waals surface area contributed by atoms with Crippen molar-refractivity contribution in [2.45, 2.75) is 6.42 Å². The van der Waals surface area contributed by atoms with Gasteiger partial charge in [0.15, 0.2) is 0 Å². The van der Waals surface area contributed by atoms with Crippen LogP contribution < -0.4 is 5.73 Å². The predicted molar refractivity (Wildman–Crippen MR) is 34.6 cm³/mol. The van der Waals surface area contributed by atoms with Crippen molar-refractivity contribution in [2.75, 3.05) is 6.67 Å². The molecule has 0 aromatic carbocycles. The lowest BCUT2D eigenvalue weighted by Crippen LogP contribution is -2.25. The third kappa shape index (κ3) is 1.35. The van der Waals surface area contributed by atoms with Gasteiger partial charge in [0.25, 0.3) is 5.91 Å². The number of primary amides is 1. The average molecular weight is 125 g/mol. The summed E-state index contributed by atoms with van der Waals surface area (Å²) in [5, 5.41) is 0. The predicted octanol–water partition coefficient (Wildman–Crippen LogP) is -0.655. The molecule has 0 saturated carbocycles. The van der Waals surface area contributed by atoms with Crippen molar-refractivity contribution in [3.8, 4) is 0 Å². The van der Waals surface area contributed by atoms with E-state index in [4.69, 9.17) is 5.73 Å². The van der Waals surface area contributed by atoms with E-state index in [9.17, 15) is 4.79 Å². The monoisotopic (exact) mass is 125 g/mol. The Labute approximate surface area is 52.5 Å². The molecule has 4 nitrogen and oxygen atoms in total. The lowest BCUT2D eigenvalue weighted by atomic mass is 10.2. The summed E-state index contributed by atoms with van der Waals surface area (Å²) in [5.74, 6) is -0.443. The van der Waals surface area contributed by atoms with E-state index in [1.807, 2.05) is 0 Å². The molecule has 0 atom stereocenters. The minimum Gasteiger partial charge on any atom is -0.365 e. The summed E-state index contributed by atoms with van der Waals surface area (Å²) >= 11 is 0. The molecular formula is C5H7N3O. The largest absolute Gasteiger partial charge is 0.365 e. The van der Waals surface area contributed by atoms with Gasteiger partial charge in [-0.2, -0.15) is 0 Å². The summed E-state index contributed by atoms with van der Waals surface area (Å²) < 4.78 is 0. The van der Waals surface area contributed by atoms with Crippen LogP contribution in [0.2, 0.25) is 0 Å². The molecule has 0 saturated heterocycles. The summed E-state index contributed by atoms with van der Waals surface area (Å²) in [5.41, 5.74) is 5.36. The summed E-state index contributed by atoms with van der Waals surface area (Å²) in [6.45, 7) is 0.346. The van der Waals surface area contributed by atoms with E-state index in [0.717, 1.165) is 0 Å². The molecule has 0 spiro atoms. The van der Waals surface area contributed by atoms with Crippen molar-refractivity contribution in [1.29, 1.82) is 0 Å². The molecule has 1 amide bonds. The van der Waals surface area contributed by atoms with Gasteiger partial charge in [-0.3, -0.25) is 14.8 Å². The number of amides is 1. The Morgan fingerprint density at radius 2 is 2.56 bits per heavy atom. The van der Waals surface area contributed by atoms with E-state index in [1.165, 1.54) is 0 Å². The number of aliphatic imine (C=N–C) groups is 2. The fraction of sp³-hybridized carbons (Fsp3) is 0.400. The zero-order valence-corrected chi connectivity index (χ0v) is 4.87. The third-order valence-electron chi connectivity index (χ3n) is 1.04. The highest BCUT2D eigenvalue weighted by atomic mass is 16.1. The first-order chi connectivity index (χ1) is 4.30. The maximum atomic E-state index is 10.4. The van der Waals surface area contributed by atoms with Gasteiger partial charge in [-0.1, -0.05) is 0 Å². The molecular weight excluding hydrogens is 118 g/mol. The standard InChI is InChI=1S/C5H7N3O/c6-5(9)4-1-2-7-3-8-4/h2H,1,3H2,(H2,6,9). The van der Waals surface area contributed by atoms with Gasteiger partial charge in [-0.05, 0) is 0 Å². The molecule has 0 radical (unpaired) electrons. The molecule has 0 aromatic rings. The fourth-order valence-electron chi connectivity index (χ4n) is 0.578. The van der Waals surface area contributed by atoms with Gasteiger partial charge in [0, 0.05) is 12.6 Å². The van der Waals surface area contributed by atoms with Crippen LogP contribution in [0.5, 0.6) is 0 Å². The van der Waals surface area contributed by atoms with E-state index in [0.29, 0.717) is 18.8 Å². The first kappa shape index (κ1) is 5.94. The van der Waals surface area contributed by atoms with Gasteiger partial charge in [0.2, 0.25) is 0 Å². The fourth-order valence-corrected chi connectivity index (χ4v) is 0.578. The second-order valence-electron chi connectivity index (χ2n) is 1.68. The van der Waals surface area contributed by atoms with Crippen molar-refractivity contribution < 1.29 is 4.79 Å². The highest BCUT2D eigenvalue weighted by Gasteiger charge is 2.05. The Morgan fingerprint density at radius 1 is 1.78 bits per heavy atom. The van der Waals surface area contributed by atoms with E-state index in [-0.39, 0.29) is 0 Å². The quantitative estimate of drug-likeness (QED) is 0.497. The Kier molecular flexibility index (Phi) is 1.58. The van der Waals surface area contributed by atoms with Crippen molar-refractivity contribution in [2.24, 2.45) is 15.7 Å². The van der Waals surface area contributed by atoms with E-state index >= 15 is 0 Å². The zero-order chi connectivity index (χ0) is 6.69. The first-order valence-corrected chi connectivity index (χ1v) is 2.62. The van der Waals surface area contributed by atoms with Crippen LogP contribution in [0, 0.1) is 0 Å². The lowest BCUT2D eigenvalue weighted by molar-refractivity contribution is -0.112. The van der Waals surface area contributed by atoms with Gasteiger partial charge in [-0.15, -0.1) is 0 Å². The van der Waals surface area contributed by atoms with Crippen LogP contribution in [0.4, 0.5) is 0 Å². The maximum absolute atomic E-state index is 10.4. The van der Waals surface area contributed by atoms with Gasteiger partial charge >= 0.3 is 0 Å². The Bertz CT molecular complexity index is 183. The summed E-state index contributed by atoms with van der Waals surface area (Å²) in [4.78, 5) is 17.9. The van der Waals surface area contributed by atoms with Crippen LogP contribution >= 0.6 is 0 Å². The number of carbonyl (C=O) groups is 1. The van der Waals surface area contributed by atoms with Crippen LogP contribution in [0.25, 0.3) is 0 Å². The SMILES string of the molecule is NC(=O)C1=NCN=CC1. The summed E-state index contributed by atoms with van der Waals surface area (Å²) in [6, 6.07) is 0. The molecule has 0 fully saturated rings. The van der Waals surface area contributed by atoms with Crippen molar-refractivity contribution >= 4 is 17.8 Å². The number of rotatable bonds is 1. The van der Waals surface area contributed by atoms with Gasteiger partial charge < -0.3 is 5.73 Å². The summed E-state index contributed by atoms with van der Waals surface area (Å²) in [6.07, 6.45) is 2.13. The molecule has 0 aromatic heterocycles. The molecule has 4 heteroatoms. The zero-order valence-electron chi connectivity index (χ0n) is 4.87. The topological polar surface area (TPSA) is 67.8 Å². The first-order valence-electron chi connectivity index (χ1n) is 2.62. The highest BCUT2D eigenvalue weighted by molar-refractivity contribution is 6.40. The molecule has 1 aliphatic rings. The smallest absolute Gasteiger partial charge is 0.263 e. The van der Waals surface area contributed by atoms with Gasteiger partial charge in [0.1, 0.15) is 12.4 Å². The number of carbonyl (C=O) groups excluding carboxylic acids is 1.